The van der Waals surface area contributed by atoms with Crippen molar-refractivity contribution in [1.29, 1.82) is 0 Å². The molecule has 4 unspecified atom stereocenters. The lowest BCUT2D eigenvalue weighted by Crippen LogP contribution is -2.60. The fourth-order valence-electron chi connectivity index (χ4n) is 3.45. The Morgan fingerprint density at radius 3 is 2.42 bits per heavy atom. The summed E-state index contributed by atoms with van der Waals surface area (Å²) in [5.41, 5.74) is 0. The Hall–Kier alpha value is -0.120. The van der Waals surface area contributed by atoms with Crippen molar-refractivity contribution in [3.63, 3.8) is 0 Å². The number of nitrogens with zero attached hydrogens (tertiary/aromatic N) is 1. The first-order chi connectivity index (χ1) is 8.97. The largest absolute Gasteiger partial charge is 0.374 e. The molecule has 112 valence electrons. The molecule has 2 fully saturated rings. The van der Waals surface area contributed by atoms with Crippen molar-refractivity contribution in [2.24, 2.45) is 11.8 Å². The molecule has 0 radical (unpaired) electrons. The van der Waals surface area contributed by atoms with Gasteiger partial charge in [-0.3, -0.25) is 4.90 Å². The first-order valence-corrected chi connectivity index (χ1v) is 8.10. The molecule has 4 atom stereocenters. The van der Waals surface area contributed by atoms with Crippen LogP contribution in [0.1, 0.15) is 47.5 Å². The van der Waals surface area contributed by atoms with Crippen LogP contribution in [-0.4, -0.2) is 48.8 Å². The number of ether oxygens (including phenoxy) is 1. The Bertz CT molecular complexity index is 280. The van der Waals surface area contributed by atoms with Crippen LogP contribution < -0.4 is 5.32 Å². The van der Waals surface area contributed by atoms with Gasteiger partial charge < -0.3 is 10.1 Å². The molecule has 3 heteroatoms. The molecule has 2 aliphatic rings. The number of nitrogens with one attached hydrogen (secondary N) is 1. The van der Waals surface area contributed by atoms with Crippen LogP contribution in [0.4, 0.5) is 0 Å². The summed E-state index contributed by atoms with van der Waals surface area (Å²) in [4.78, 5) is 2.69. The smallest absolute Gasteiger partial charge is 0.0706 e. The van der Waals surface area contributed by atoms with Crippen LogP contribution in [0.15, 0.2) is 0 Å². The van der Waals surface area contributed by atoms with E-state index in [0.29, 0.717) is 36.1 Å². The van der Waals surface area contributed by atoms with Crippen molar-refractivity contribution in [3.8, 4) is 0 Å². The Morgan fingerprint density at radius 2 is 1.89 bits per heavy atom. The Balaban J connectivity index is 1.95. The van der Waals surface area contributed by atoms with Crippen molar-refractivity contribution in [2.75, 3.05) is 19.6 Å². The van der Waals surface area contributed by atoms with Crippen LogP contribution in [0.3, 0.4) is 0 Å². The Labute approximate surface area is 119 Å². The first-order valence-electron chi connectivity index (χ1n) is 8.10. The molecule has 0 aromatic carbocycles. The van der Waals surface area contributed by atoms with E-state index >= 15 is 0 Å². The van der Waals surface area contributed by atoms with Crippen molar-refractivity contribution in [3.05, 3.63) is 0 Å². The molecule has 0 spiro atoms. The molecule has 0 amide bonds. The molecule has 2 saturated heterocycles. The zero-order valence-corrected chi connectivity index (χ0v) is 13.4. The fraction of sp³-hybridized carbons (Fsp3) is 1.00. The SMILES string of the molecule is CC1CCC(CN2CC(C(C)C)NCC2C(C)C)O1. The maximum absolute atomic E-state index is 6.03. The summed E-state index contributed by atoms with van der Waals surface area (Å²) in [6.07, 6.45) is 3.40. The molecular weight excluding hydrogens is 236 g/mol. The molecule has 0 aliphatic carbocycles. The third-order valence-electron chi connectivity index (χ3n) is 4.82. The molecule has 3 nitrogen and oxygen atoms in total. The minimum absolute atomic E-state index is 0.460. The minimum atomic E-state index is 0.460. The van der Waals surface area contributed by atoms with E-state index in [1.54, 1.807) is 0 Å². The Morgan fingerprint density at radius 1 is 1.16 bits per heavy atom. The molecule has 2 rings (SSSR count). The normalized spacial score (nSPS) is 37.4. The third-order valence-corrected chi connectivity index (χ3v) is 4.82. The molecule has 0 bridgehead atoms. The van der Waals surface area contributed by atoms with Gasteiger partial charge in [0.25, 0.3) is 0 Å². The molecule has 1 N–H and O–H groups in total. The maximum atomic E-state index is 6.03. The van der Waals surface area contributed by atoms with Gasteiger partial charge in [-0.25, -0.2) is 0 Å². The zero-order chi connectivity index (χ0) is 14.0. The van der Waals surface area contributed by atoms with E-state index in [1.807, 2.05) is 0 Å². The second-order valence-corrected chi connectivity index (χ2v) is 7.17. The molecule has 19 heavy (non-hydrogen) atoms. The average Bonchev–Trinajstić information content (AvgIpc) is 2.74. The highest BCUT2D eigenvalue weighted by atomic mass is 16.5. The zero-order valence-electron chi connectivity index (χ0n) is 13.4. The van der Waals surface area contributed by atoms with E-state index in [9.17, 15) is 0 Å². The summed E-state index contributed by atoms with van der Waals surface area (Å²) in [5, 5.41) is 3.73. The summed E-state index contributed by atoms with van der Waals surface area (Å²) >= 11 is 0. The predicted octanol–water partition coefficient (Wildman–Crippen LogP) is 2.51. The van der Waals surface area contributed by atoms with Crippen molar-refractivity contribution in [2.45, 2.75) is 71.8 Å². The number of hydrogen-bond donors (Lipinski definition) is 1. The predicted molar refractivity (Wildman–Crippen MR) is 80.4 cm³/mol. The van der Waals surface area contributed by atoms with Crippen molar-refractivity contribution >= 4 is 0 Å². The monoisotopic (exact) mass is 268 g/mol. The van der Waals surface area contributed by atoms with E-state index in [1.165, 1.54) is 19.4 Å². The number of rotatable bonds is 4. The summed E-state index contributed by atoms with van der Waals surface area (Å²) in [6.45, 7) is 14.9. The van der Waals surface area contributed by atoms with E-state index in [2.05, 4.69) is 44.8 Å². The van der Waals surface area contributed by atoms with Gasteiger partial charge in [0.15, 0.2) is 0 Å². The lowest BCUT2D eigenvalue weighted by Gasteiger charge is -2.44. The lowest BCUT2D eigenvalue weighted by molar-refractivity contribution is -0.000484. The van der Waals surface area contributed by atoms with Crippen LogP contribution >= 0.6 is 0 Å². The number of piperazine rings is 1. The van der Waals surface area contributed by atoms with Gasteiger partial charge in [-0.15, -0.1) is 0 Å². The summed E-state index contributed by atoms with van der Waals surface area (Å²) in [5.74, 6) is 1.42. The van der Waals surface area contributed by atoms with Crippen LogP contribution in [0.25, 0.3) is 0 Å². The van der Waals surface area contributed by atoms with Crippen LogP contribution in [0, 0.1) is 11.8 Å². The highest BCUT2D eigenvalue weighted by molar-refractivity contribution is 4.90. The van der Waals surface area contributed by atoms with Gasteiger partial charge >= 0.3 is 0 Å². The second kappa shape index (κ2) is 6.55. The summed E-state index contributed by atoms with van der Waals surface area (Å²) < 4.78 is 6.03. The van der Waals surface area contributed by atoms with Gasteiger partial charge in [-0.05, 0) is 31.6 Å². The highest BCUT2D eigenvalue weighted by Gasteiger charge is 2.34. The minimum Gasteiger partial charge on any atom is -0.374 e. The van der Waals surface area contributed by atoms with Gasteiger partial charge in [0.2, 0.25) is 0 Å². The maximum Gasteiger partial charge on any atom is 0.0706 e. The van der Waals surface area contributed by atoms with Crippen molar-refractivity contribution in [1.82, 2.24) is 10.2 Å². The van der Waals surface area contributed by atoms with E-state index in [4.69, 9.17) is 4.74 Å². The Kier molecular flexibility index (Phi) is 5.27. The van der Waals surface area contributed by atoms with E-state index < -0.39 is 0 Å². The highest BCUT2D eigenvalue weighted by Crippen LogP contribution is 2.24. The van der Waals surface area contributed by atoms with Gasteiger partial charge in [0, 0.05) is 31.7 Å². The number of hydrogen-bond acceptors (Lipinski definition) is 3. The summed E-state index contributed by atoms with van der Waals surface area (Å²) in [7, 11) is 0. The van der Waals surface area contributed by atoms with E-state index in [-0.39, 0.29) is 0 Å². The molecule has 0 saturated carbocycles. The third kappa shape index (κ3) is 3.93. The standard InChI is InChI=1S/C16H32N2O/c1-11(2)15-10-18(16(8-17-15)12(3)4)9-14-7-6-13(5)19-14/h11-17H,6-10H2,1-5H3. The molecule has 2 aliphatic heterocycles. The van der Waals surface area contributed by atoms with Crippen molar-refractivity contribution < 1.29 is 4.74 Å². The van der Waals surface area contributed by atoms with Gasteiger partial charge in [-0.1, -0.05) is 27.7 Å². The van der Waals surface area contributed by atoms with Crippen LogP contribution in [0.5, 0.6) is 0 Å². The molecule has 0 aromatic rings. The molecule has 2 heterocycles. The van der Waals surface area contributed by atoms with Gasteiger partial charge in [0.1, 0.15) is 0 Å². The lowest BCUT2D eigenvalue weighted by atomic mass is 9.94. The fourth-order valence-corrected chi connectivity index (χ4v) is 3.45. The average molecular weight is 268 g/mol. The van der Waals surface area contributed by atoms with Crippen LogP contribution in [0.2, 0.25) is 0 Å². The second-order valence-electron chi connectivity index (χ2n) is 7.17. The molecule has 0 aromatic heterocycles. The van der Waals surface area contributed by atoms with Gasteiger partial charge in [0.05, 0.1) is 12.2 Å². The first kappa shape index (κ1) is 15.3. The van der Waals surface area contributed by atoms with Crippen LogP contribution in [-0.2, 0) is 4.74 Å². The quantitative estimate of drug-likeness (QED) is 0.848. The topological polar surface area (TPSA) is 24.5 Å². The van der Waals surface area contributed by atoms with Gasteiger partial charge in [-0.2, -0.15) is 0 Å². The summed E-state index contributed by atoms with van der Waals surface area (Å²) in [6, 6.07) is 1.29. The van der Waals surface area contributed by atoms with E-state index in [0.717, 1.165) is 13.1 Å². The molecular formula is C16H32N2O.